The number of piperidine rings is 1. The van der Waals surface area contributed by atoms with Crippen molar-refractivity contribution >= 4 is 23.4 Å². The Hall–Kier alpha value is -4.32. The predicted octanol–water partition coefficient (Wildman–Crippen LogP) is 5.37. The molecule has 0 bridgehead atoms. The number of carbonyl (C=O) groups excluding carboxylic acids is 1. The number of nitrogens with zero attached hydrogens (tertiary/aromatic N) is 1. The van der Waals surface area contributed by atoms with E-state index in [0.717, 1.165) is 6.07 Å². The van der Waals surface area contributed by atoms with Crippen LogP contribution in [-0.2, 0) is 6.18 Å². The first-order valence-corrected chi connectivity index (χ1v) is 11.3. The van der Waals surface area contributed by atoms with Gasteiger partial charge in [0.05, 0.1) is 5.69 Å². The van der Waals surface area contributed by atoms with E-state index in [1.165, 1.54) is 42.6 Å². The Morgan fingerprint density at radius 1 is 1.00 bits per heavy atom. The highest BCUT2D eigenvalue weighted by atomic mass is 19.4. The quantitative estimate of drug-likeness (QED) is 0.333. The van der Waals surface area contributed by atoms with E-state index in [0.29, 0.717) is 25.9 Å². The van der Waals surface area contributed by atoms with E-state index in [2.05, 4.69) is 20.9 Å². The maximum Gasteiger partial charge on any atom is 0.421 e. The van der Waals surface area contributed by atoms with Crippen LogP contribution in [0, 0.1) is 0 Å². The van der Waals surface area contributed by atoms with Crippen molar-refractivity contribution in [1.29, 1.82) is 0 Å². The number of nitrogens with one attached hydrogen (secondary N) is 3. The van der Waals surface area contributed by atoms with E-state index in [4.69, 9.17) is 14.6 Å². The molecule has 0 atom stereocenters. The molecule has 0 spiro atoms. The van der Waals surface area contributed by atoms with E-state index in [1.807, 2.05) is 0 Å². The molecule has 1 aromatic heterocycles. The summed E-state index contributed by atoms with van der Waals surface area (Å²) in [6, 6.07) is 11.6. The van der Waals surface area contributed by atoms with Crippen molar-refractivity contribution in [3.8, 4) is 17.2 Å². The molecule has 3 aromatic rings. The van der Waals surface area contributed by atoms with Crippen LogP contribution in [0.4, 0.5) is 29.3 Å². The summed E-state index contributed by atoms with van der Waals surface area (Å²) in [4.78, 5) is 27.4. The van der Waals surface area contributed by atoms with Crippen molar-refractivity contribution in [2.24, 2.45) is 0 Å². The van der Waals surface area contributed by atoms with Gasteiger partial charge in [-0.25, -0.2) is 14.6 Å². The van der Waals surface area contributed by atoms with Gasteiger partial charge in [0.25, 0.3) is 0 Å². The molecule has 12 heteroatoms. The molecule has 4 N–H and O–H groups in total. The minimum atomic E-state index is -4.76. The molecule has 2 aromatic carbocycles. The van der Waals surface area contributed by atoms with Gasteiger partial charge in [-0.1, -0.05) is 12.1 Å². The van der Waals surface area contributed by atoms with Gasteiger partial charge in [-0.2, -0.15) is 13.2 Å². The van der Waals surface area contributed by atoms with Gasteiger partial charge in [-0.05, 0) is 56.3 Å². The fourth-order valence-electron chi connectivity index (χ4n) is 3.77. The molecule has 2 amide bonds. The van der Waals surface area contributed by atoms with Crippen LogP contribution in [0.2, 0.25) is 0 Å². The molecule has 0 radical (unpaired) electrons. The number of pyridine rings is 1. The van der Waals surface area contributed by atoms with E-state index in [1.54, 1.807) is 12.1 Å². The molecule has 0 saturated carbocycles. The number of aromatic carboxylic acids is 1. The molecule has 37 heavy (non-hydrogen) atoms. The van der Waals surface area contributed by atoms with Crippen molar-refractivity contribution in [2.45, 2.75) is 25.1 Å². The number of carboxylic acid groups (broad SMARTS) is 1. The van der Waals surface area contributed by atoms with Gasteiger partial charge in [-0.3, -0.25) is 0 Å². The average molecular weight is 516 g/mol. The number of alkyl halides is 3. The first kappa shape index (κ1) is 25.8. The number of carboxylic acids is 1. The van der Waals surface area contributed by atoms with Crippen molar-refractivity contribution < 1.29 is 37.3 Å². The number of rotatable bonds is 7. The van der Waals surface area contributed by atoms with Crippen LogP contribution in [0.1, 0.15) is 28.9 Å². The lowest BCUT2D eigenvalue weighted by molar-refractivity contribution is -0.138. The summed E-state index contributed by atoms with van der Waals surface area (Å²) in [5.74, 6) is -1.10. The lowest BCUT2D eigenvalue weighted by atomic mass is 10.1. The smallest absolute Gasteiger partial charge is 0.421 e. The predicted molar refractivity (Wildman–Crippen MR) is 128 cm³/mol. The third-order valence-electron chi connectivity index (χ3n) is 5.42. The molecule has 194 valence electrons. The highest BCUT2D eigenvalue weighted by Crippen LogP contribution is 2.42. The van der Waals surface area contributed by atoms with Crippen LogP contribution >= 0.6 is 0 Å². The van der Waals surface area contributed by atoms with E-state index >= 15 is 0 Å². The van der Waals surface area contributed by atoms with Crippen LogP contribution in [0.15, 0.2) is 60.8 Å². The Labute approximate surface area is 209 Å². The zero-order valence-corrected chi connectivity index (χ0v) is 19.3. The van der Waals surface area contributed by atoms with Gasteiger partial charge in [-0.15, -0.1) is 0 Å². The average Bonchev–Trinajstić information content (AvgIpc) is 2.84. The number of hydrogen-bond acceptors (Lipinski definition) is 6. The Balaban J connectivity index is 1.48. The molecule has 4 rings (SSSR count). The highest BCUT2D eigenvalue weighted by molar-refractivity contribution is 6.00. The number of ether oxygens (including phenoxy) is 2. The fraction of sp³-hybridized carbons (Fsp3) is 0.240. The van der Waals surface area contributed by atoms with Crippen LogP contribution in [0.3, 0.4) is 0 Å². The number of halogens is 3. The largest absolute Gasteiger partial charge is 0.490 e. The first-order chi connectivity index (χ1) is 17.7. The molecular formula is C25H23F3N4O5. The molecule has 1 aliphatic heterocycles. The van der Waals surface area contributed by atoms with Crippen molar-refractivity contribution in [1.82, 2.24) is 10.3 Å². The Morgan fingerprint density at radius 2 is 1.73 bits per heavy atom. The zero-order chi connectivity index (χ0) is 26.4. The highest BCUT2D eigenvalue weighted by Gasteiger charge is 2.38. The van der Waals surface area contributed by atoms with Gasteiger partial charge in [0.1, 0.15) is 28.9 Å². The van der Waals surface area contributed by atoms with Crippen LogP contribution in [0.25, 0.3) is 0 Å². The summed E-state index contributed by atoms with van der Waals surface area (Å²) < 4.78 is 53.1. The maximum atomic E-state index is 14.0. The molecule has 0 aliphatic carbocycles. The molecular weight excluding hydrogens is 493 g/mol. The molecule has 9 nitrogen and oxygen atoms in total. The number of benzene rings is 2. The van der Waals surface area contributed by atoms with Gasteiger partial charge in [0.15, 0.2) is 5.69 Å². The van der Waals surface area contributed by atoms with Gasteiger partial charge in [0.2, 0.25) is 0 Å². The Morgan fingerprint density at radius 3 is 2.46 bits per heavy atom. The topological polar surface area (TPSA) is 122 Å². The minimum absolute atomic E-state index is 0.203. The van der Waals surface area contributed by atoms with Crippen LogP contribution in [0.5, 0.6) is 17.2 Å². The molecule has 0 unspecified atom stereocenters. The summed E-state index contributed by atoms with van der Waals surface area (Å²) in [6.45, 7) is 1.30. The molecule has 2 heterocycles. The van der Waals surface area contributed by atoms with Crippen LogP contribution in [-0.4, -0.2) is 41.3 Å². The van der Waals surface area contributed by atoms with E-state index in [-0.39, 0.29) is 34.7 Å². The SMILES string of the molecule is O=C(Nc1cccc(Oc2ccnc(C(=O)O)c2)c1)Nc1cccc(OC2CCNCC2)c1C(F)(F)F. The second-order valence-electron chi connectivity index (χ2n) is 8.13. The van der Waals surface area contributed by atoms with Crippen molar-refractivity contribution in [3.63, 3.8) is 0 Å². The summed E-state index contributed by atoms with van der Waals surface area (Å²) in [5.41, 5.74) is -1.48. The van der Waals surface area contributed by atoms with Crippen molar-refractivity contribution in [3.05, 3.63) is 72.1 Å². The molecule has 1 aliphatic rings. The third kappa shape index (κ3) is 6.88. The number of amides is 2. The summed E-state index contributed by atoms with van der Waals surface area (Å²) in [7, 11) is 0. The second-order valence-corrected chi connectivity index (χ2v) is 8.13. The number of anilines is 2. The van der Waals surface area contributed by atoms with Crippen LogP contribution < -0.4 is 25.4 Å². The lowest BCUT2D eigenvalue weighted by Crippen LogP contribution is -2.34. The molecule has 1 saturated heterocycles. The van der Waals surface area contributed by atoms with Gasteiger partial charge >= 0.3 is 18.2 Å². The monoisotopic (exact) mass is 516 g/mol. The summed E-state index contributed by atoms with van der Waals surface area (Å²) in [5, 5.41) is 16.9. The number of hydrogen-bond donors (Lipinski definition) is 4. The van der Waals surface area contributed by atoms with Crippen molar-refractivity contribution in [2.75, 3.05) is 23.7 Å². The minimum Gasteiger partial charge on any atom is -0.490 e. The first-order valence-electron chi connectivity index (χ1n) is 11.3. The summed E-state index contributed by atoms with van der Waals surface area (Å²) in [6.07, 6.45) is -2.70. The Kier molecular flexibility index (Phi) is 7.77. The van der Waals surface area contributed by atoms with E-state index < -0.39 is 29.4 Å². The second kappa shape index (κ2) is 11.2. The number of aromatic nitrogens is 1. The third-order valence-corrected chi connectivity index (χ3v) is 5.42. The van der Waals surface area contributed by atoms with E-state index in [9.17, 15) is 22.8 Å². The standard InChI is InChI=1S/C25H23F3N4O5/c26-25(27,28)22-19(5-2-6-21(22)37-16-7-10-29-11-8-16)32-24(35)31-15-3-1-4-17(13-15)36-18-9-12-30-20(14-18)23(33)34/h1-6,9,12-14,16,29H,7-8,10-11H2,(H,33,34)(H2,31,32,35). The van der Waals surface area contributed by atoms with Gasteiger partial charge in [0, 0.05) is 24.0 Å². The molecule has 1 fully saturated rings. The normalized spacial score (nSPS) is 14.0. The maximum absolute atomic E-state index is 14.0. The zero-order valence-electron chi connectivity index (χ0n) is 19.3. The Bertz CT molecular complexity index is 1280. The number of urea groups is 1. The number of carbonyl (C=O) groups is 2. The summed E-state index contributed by atoms with van der Waals surface area (Å²) >= 11 is 0. The lowest BCUT2D eigenvalue weighted by Gasteiger charge is -2.26. The fourth-order valence-corrected chi connectivity index (χ4v) is 3.77. The van der Waals surface area contributed by atoms with Gasteiger partial charge < -0.3 is 30.5 Å².